The molecule has 142 valence electrons. The third kappa shape index (κ3) is 4.18. The highest BCUT2D eigenvalue weighted by Gasteiger charge is 2.26. The molecule has 0 atom stereocenters. The lowest BCUT2D eigenvalue weighted by Gasteiger charge is -2.35. The van der Waals surface area contributed by atoms with Gasteiger partial charge in [0.25, 0.3) is 11.8 Å². The number of ether oxygens (including phenoxy) is 2. The molecule has 1 saturated heterocycles. The molecule has 1 heterocycles. The van der Waals surface area contributed by atoms with Gasteiger partial charge in [-0.25, -0.2) is 0 Å². The van der Waals surface area contributed by atoms with Crippen LogP contribution in [0.15, 0.2) is 42.5 Å². The molecule has 0 spiro atoms. The highest BCUT2D eigenvalue weighted by Crippen LogP contribution is 2.28. The van der Waals surface area contributed by atoms with Crippen LogP contribution in [0.5, 0.6) is 11.5 Å². The summed E-state index contributed by atoms with van der Waals surface area (Å²) in [7, 11) is 3.10. The number of methoxy groups -OCH3 is 2. The van der Waals surface area contributed by atoms with Gasteiger partial charge in [0.15, 0.2) is 11.5 Å². The van der Waals surface area contributed by atoms with Crippen molar-refractivity contribution in [2.75, 3.05) is 40.4 Å². The Morgan fingerprint density at radius 2 is 1.44 bits per heavy atom. The number of carbonyl (C=O) groups excluding carboxylic acids is 2. The molecule has 0 aromatic heterocycles. The fourth-order valence-electron chi connectivity index (χ4n) is 3.07. The minimum Gasteiger partial charge on any atom is -0.493 e. The maximum Gasteiger partial charge on any atom is 0.255 e. The van der Waals surface area contributed by atoms with Gasteiger partial charge in [-0.3, -0.25) is 9.59 Å². The summed E-state index contributed by atoms with van der Waals surface area (Å²) in [4.78, 5) is 29.1. The summed E-state index contributed by atoms with van der Waals surface area (Å²) >= 11 is 2.17. The van der Waals surface area contributed by atoms with Crippen LogP contribution < -0.4 is 9.47 Å². The Morgan fingerprint density at radius 1 is 0.852 bits per heavy atom. The fraction of sp³-hybridized carbons (Fsp3) is 0.300. The van der Waals surface area contributed by atoms with Gasteiger partial charge >= 0.3 is 0 Å². The number of amides is 2. The van der Waals surface area contributed by atoms with E-state index < -0.39 is 0 Å². The number of halogens is 1. The summed E-state index contributed by atoms with van der Waals surface area (Å²) in [6, 6.07) is 12.7. The molecule has 2 aromatic rings. The molecule has 0 N–H and O–H groups in total. The van der Waals surface area contributed by atoms with E-state index in [1.165, 1.54) is 0 Å². The summed E-state index contributed by atoms with van der Waals surface area (Å²) in [5.74, 6) is 1.05. The Morgan fingerprint density at radius 3 is 2.04 bits per heavy atom. The van der Waals surface area contributed by atoms with Gasteiger partial charge in [-0.15, -0.1) is 0 Å². The van der Waals surface area contributed by atoms with Crippen molar-refractivity contribution in [2.45, 2.75) is 0 Å². The molecule has 2 amide bonds. The molecule has 3 rings (SSSR count). The highest BCUT2D eigenvalue weighted by molar-refractivity contribution is 14.1. The summed E-state index contributed by atoms with van der Waals surface area (Å²) in [5.41, 5.74) is 1.25. The lowest BCUT2D eigenvalue weighted by Crippen LogP contribution is -2.50. The van der Waals surface area contributed by atoms with E-state index in [-0.39, 0.29) is 11.8 Å². The Balaban J connectivity index is 1.66. The third-order valence-electron chi connectivity index (χ3n) is 4.59. The average Bonchev–Trinajstić information content (AvgIpc) is 2.72. The first-order valence-electron chi connectivity index (χ1n) is 8.60. The van der Waals surface area contributed by atoms with E-state index >= 15 is 0 Å². The Labute approximate surface area is 172 Å². The molecular formula is C20H21IN2O4. The SMILES string of the molecule is COc1ccc(C(=O)N2CCN(C(=O)c3ccccc3I)CC2)cc1OC. The Hall–Kier alpha value is -2.29. The molecule has 7 heteroatoms. The zero-order chi connectivity index (χ0) is 19.4. The van der Waals surface area contributed by atoms with Gasteiger partial charge in [0.1, 0.15) is 0 Å². The molecule has 0 saturated carbocycles. The number of benzene rings is 2. The predicted molar refractivity (Wildman–Crippen MR) is 111 cm³/mol. The van der Waals surface area contributed by atoms with Crippen molar-refractivity contribution in [3.05, 3.63) is 57.2 Å². The van der Waals surface area contributed by atoms with E-state index in [4.69, 9.17) is 9.47 Å². The van der Waals surface area contributed by atoms with Crippen molar-refractivity contribution in [3.63, 3.8) is 0 Å². The molecule has 27 heavy (non-hydrogen) atoms. The largest absolute Gasteiger partial charge is 0.493 e. The molecule has 0 radical (unpaired) electrons. The van der Waals surface area contributed by atoms with Crippen molar-refractivity contribution < 1.29 is 19.1 Å². The molecule has 0 aliphatic carbocycles. The number of rotatable bonds is 4. The van der Waals surface area contributed by atoms with Crippen LogP contribution in [0.4, 0.5) is 0 Å². The van der Waals surface area contributed by atoms with E-state index in [0.717, 1.165) is 3.57 Å². The van der Waals surface area contributed by atoms with E-state index in [2.05, 4.69) is 22.6 Å². The van der Waals surface area contributed by atoms with Crippen LogP contribution in [0.25, 0.3) is 0 Å². The van der Waals surface area contributed by atoms with Crippen LogP contribution in [0.3, 0.4) is 0 Å². The average molecular weight is 480 g/mol. The van der Waals surface area contributed by atoms with Crippen molar-refractivity contribution in [3.8, 4) is 11.5 Å². The molecule has 1 aliphatic heterocycles. The van der Waals surface area contributed by atoms with Crippen LogP contribution in [-0.2, 0) is 0 Å². The predicted octanol–water partition coefficient (Wildman–Crippen LogP) is 2.91. The van der Waals surface area contributed by atoms with Crippen molar-refractivity contribution in [1.82, 2.24) is 9.80 Å². The molecule has 2 aromatic carbocycles. The maximum atomic E-state index is 12.8. The number of nitrogens with zero attached hydrogens (tertiary/aromatic N) is 2. The zero-order valence-corrected chi connectivity index (χ0v) is 17.4. The minimum atomic E-state index is -0.0719. The monoisotopic (exact) mass is 480 g/mol. The maximum absolute atomic E-state index is 12.8. The summed E-state index contributed by atoms with van der Waals surface area (Å²) < 4.78 is 11.4. The molecule has 0 unspecified atom stereocenters. The fourth-order valence-corrected chi connectivity index (χ4v) is 3.69. The molecule has 1 aliphatic rings. The van der Waals surface area contributed by atoms with Crippen LogP contribution >= 0.6 is 22.6 Å². The third-order valence-corrected chi connectivity index (χ3v) is 5.53. The zero-order valence-electron chi connectivity index (χ0n) is 15.3. The Kier molecular flexibility index (Phi) is 6.20. The van der Waals surface area contributed by atoms with E-state index in [9.17, 15) is 9.59 Å². The molecule has 0 bridgehead atoms. The van der Waals surface area contributed by atoms with Crippen molar-refractivity contribution in [1.29, 1.82) is 0 Å². The first kappa shape index (κ1) is 19.5. The highest BCUT2D eigenvalue weighted by atomic mass is 127. The first-order valence-corrected chi connectivity index (χ1v) is 9.68. The van der Waals surface area contributed by atoms with E-state index in [1.54, 1.807) is 42.2 Å². The van der Waals surface area contributed by atoms with E-state index in [1.807, 2.05) is 24.3 Å². The van der Waals surface area contributed by atoms with Crippen LogP contribution in [0.1, 0.15) is 20.7 Å². The quantitative estimate of drug-likeness (QED) is 0.632. The Bertz CT molecular complexity index is 848. The lowest BCUT2D eigenvalue weighted by molar-refractivity contribution is 0.0534. The van der Waals surface area contributed by atoms with Crippen LogP contribution in [0.2, 0.25) is 0 Å². The second kappa shape index (κ2) is 8.60. The summed E-state index contributed by atoms with van der Waals surface area (Å²) in [6.07, 6.45) is 0. The molecular weight excluding hydrogens is 459 g/mol. The van der Waals surface area contributed by atoms with Crippen molar-refractivity contribution in [2.24, 2.45) is 0 Å². The summed E-state index contributed by atoms with van der Waals surface area (Å²) in [6.45, 7) is 2.04. The topological polar surface area (TPSA) is 59.1 Å². The number of piperazine rings is 1. The van der Waals surface area contributed by atoms with Gasteiger partial charge < -0.3 is 19.3 Å². The number of carbonyl (C=O) groups is 2. The molecule has 6 nitrogen and oxygen atoms in total. The van der Waals surface area contributed by atoms with E-state index in [0.29, 0.717) is 48.8 Å². The standard InChI is InChI=1S/C20H21IN2O4/c1-26-17-8-7-14(13-18(17)27-2)19(24)22-9-11-23(12-10-22)20(25)15-5-3-4-6-16(15)21/h3-8,13H,9-12H2,1-2H3. The van der Waals surface area contributed by atoms with Gasteiger partial charge in [0.05, 0.1) is 19.8 Å². The normalized spacial score (nSPS) is 14.0. The van der Waals surface area contributed by atoms with Gasteiger partial charge in [-0.1, -0.05) is 12.1 Å². The van der Waals surface area contributed by atoms with Crippen LogP contribution in [0, 0.1) is 3.57 Å². The lowest BCUT2D eigenvalue weighted by atomic mass is 10.1. The summed E-state index contributed by atoms with van der Waals surface area (Å²) in [5, 5.41) is 0. The van der Waals surface area contributed by atoms with Gasteiger partial charge in [0, 0.05) is 35.3 Å². The first-order chi connectivity index (χ1) is 13.0. The second-order valence-corrected chi connectivity index (χ2v) is 7.30. The van der Waals surface area contributed by atoms with Crippen molar-refractivity contribution >= 4 is 34.4 Å². The molecule has 1 fully saturated rings. The number of hydrogen-bond acceptors (Lipinski definition) is 4. The minimum absolute atomic E-state index is 0.0122. The van der Waals surface area contributed by atoms with Gasteiger partial charge in [-0.05, 0) is 52.9 Å². The van der Waals surface area contributed by atoms with Gasteiger partial charge in [-0.2, -0.15) is 0 Å². The van der Waals surface area contributed by atoms with Crippen LogP contribution in [-0.4, -0.2) is 62.0 Å². The smallest absolute Gasteiger partial charge is 0.255 e. The number of hydrogen-bond donors (Lipinski definition) is 0. The van der Waals surface area contributed by atoms with Gasteiger partial charge in [0.2, 0.25) is 0 Å². The second-order valence-electron chi connectivity index (χ2n) is 6.13.